The number of halogens is 1. The molecule has 1 heterocycles. The summed E-state index contributed by atoms with van der Waals surface area (Å²) in [6, 6.07) is 17.6. The fraction of sp³-hybridized carbons (Fsp3) is 0.100. The van der Waals surface area contributed by atoms with Crippen molar-refractivity contribution in [1.29, 1.82) is 0 Å². The number of hydrogen-bond donors (Lipinski definition) is 2. The van der Waals surface area contributed by atoms with Gasteiger partial charge in [-0.05, 0) is 38.2 Å². The molecule has 0 radical (unpaired) electrons. The second-order valence-corrected chi connectivity index (χ2v) is 6.86. The van der Waals surface area contributed by atoms with Crippen LogP contribution < -0.4 is 10.7 Å². The smallest absolute Gasteiger partial charge is 0.412 e. The van der Waals surface area contributed by atoms with Crippen LogP contribution in [0.2, 0.25) is 0 Å². The number of benzene rings is 2. The molecule has 1 aliphatic carbocycles. The minimum Gasteiger partial charge on any atom is -0.448 e. The van der Waals surface area contributed by atoms with Crippen molar-refractivity contribution in [3.63, 3.8) is 0 Å². The number of amides is 1. The molecule has 0 bridgehead atoms. The first-order chi connectivity index (χ1) is 12.6. The van der Waals surface area contributed by atoms with E-state index in [9.17, 15) is 9.59 Å². The maximum absolute atomic E-state index is 12.1. The van der Waals surface area contributed by atoms with Crippen molar-refractivity contribution in [2.75, 3.05) is 11.9 Å². The summed E-state index contributed by atoms with van der Waals surface area (Å²) in [6.07, 6.45) is 0.867. The molecule has 0 atom stereocenters. The monoisotopic (exact) mass is 410 g/mol. The van der Waals surface area contributed by atoms with Crippen molar-refractivity contribution in [1.82, 2.24) is 4.98 Å². The average Bonchev–Trinajstić information content (AvgIpc) is 2.97. The molecule has 2 N–H and O–H groups in total. The number of ether oxygens (including phenoxy) is 1. The molecule has 1 amide bonds. The van der Waals surface area contributed by atoms with Crippen LogP contribution in [0.25, 0.3) is 11.1 Å². The van der Waals surface area contributed by atoms with E-state index in [4.69, 9.17) is 4.74 Å². The van der Waals surface area contributed by atoms with Crippen LogP contribution in [0.5, 0.6) is 0 Å². The number of nitrogens with one attached hydrogen (secondary N) is 2. The standard InChI is InChI=1S/C20H15BrN2O3/c21-17-10-22-19(9-18(17)24)23-20(25)26-11-16-14-7-3-1-5-12(14)13-6-2-4-8-15(13)16/h1-10,16H,11H2,(H2,22,23,24,25). The fourth-order valence-corrected chi connectivity index (χ4v) is 3.50. The Morgan fingerprint density at radius 3 is 2.31 bits per heavy atom. The summed E-state index contributed by atoms with van der Waals surface area (Å²) in [5.74, 6) is 0.285. The summed E-state index contributed by atoms with van der Waals surface area (Å²) >= 11 is 3.11. The fourth-order valence-electron chi connectivity index (χ4n) is 3.27. The molecule has 5 nitrogen and oxygen atoms in total. The highest BCUT2D eigenvalue weighted by Gasteiger charge is 2.28. The largest absolute Gasteiger partial charge is 0.448 e. The van der Waals surface area contributed by atoms with Crippen LogP contribution in [-0.4, -0.2) is 17.7 Å². The van der Waals surface area contributed by atoms with E-state index in [-0.39, 0.29) is 23.8 Å². The van der Waals surface area contributed by atoms with Crippen molar-refractivity contribution < 1.29 is 9.53 Å². The first-order valence-electron chi connectivity index (χ1n) is 8.14. The highest BCUT2D eigenvalue weighted by atomic mass is 79.9. The van der Waals surface area contributed by atoms with Crippen LogP contribution in [0, 0.1) is 0 Å². The van der Waals surface area contributed by atoms with Gasteiger partial charge in [0.05, 0.1) is 4.47 Å². The van der Waals surface area contributed by atoms with E-state index in [1.54, 1.807) is 0 Å². The van der Waals surface area contributed by atoms with E-state index in [2.05, 4.69) is 50.5 Å². The summed E-state index contributed by atoms with van der Waals surface area (Å²) < 4.78 is 5.83. The number of aromatic nitrogens is 1. The highest BCUT2D eigenvalue weighted by molar-refractivity contribution is 9.10. The molecular weight excluding hydrogens is 396 g/mol. The second kappa shape index (κ2) is 6.80. The second-order valence-electron chi connectivity index (χ2n) is 6.01. The molecule has 0 fully saturated rings. The zero-order valence-electron chi connectivity index (χ0n) is 13.7. The van der Waals surface area contributed by atoms with Crippen molar-refractivity contribution in [2.45, 2.75) is 5.92 Å². The molecule has 26 heavy (non-hydrogen) atoms. The quantitative estimate of drug-likeness (QED) is 0.667. The Kier molecular flexibility index (Phi) is 4.34. The first-order valence-corrected chi connectivity index (χ1v) is 8.93. The van der Waals surface area contributed by atoms with E-state index < -0.39 is 6.09 Å². The Labute approximate surface area is 158 Å². The van der Waals surface area contributed by atoms with Crippen molar-refractivity contribution in [3.8, 4) is 11.1 Å². The lowest BCUT2D eigenvalue weighted by Crippen LogP contribution is -2.19. The van der Waals surface area contributed by atoms with Crippen LogP contribution in [0.15, 0.2) is 70.1 Å². The molecule has 2 aromatic carbocycles. The maximum atomic E-state index is 12.1. The van der Waals surface area contributed by atoms with Gasteiger partial charge in [-0.2, -0.15) is 0 Å². The number of carbonyl (C=O) groups excluding carboxylic acids is 1. The van der Waals surface area contributed by atoms with Crippen LogP contribution in [0.4, 0.5) is 10.6 Å². The lowest BCUT2D eigenvalue weighted by Gasteiger charge is -2.14. The van der Waals surface area contributed by atoms with Crippen molar-refractivity contribution >= 4 is 27.8 Å². The molecule has 1 aliphatic rings. The topological polar surface area (TPSA) is 71.2 Å². The molecule has 0 spiro atoms. The number of aromatic amines is 1. The van der Waals surface area contributed by atoms with E-state index in [1.807, 2.05) is 24.3 Å². The Bertz CT molecular complexity index is 999. The van der Waals surface area contributed by atoms with Crippen LogP contribution in [0.3, 0.4) is 0 Å². The molecule has 1 aromatic heterocycles. The van der Waals surface area contributed by atoms with Gasteiger partial charge in [0.2, 0.25) is 0 Å². The molecular formula is C20H15BrN2O3. The molecule has 0 unspecified atom stereocenters. The summed E-state index contributed by atoms with van der Waals surface area (Å²) in [5, 5.41) is 2.54. The molecule has 6 heteroatoms. The molecule has 3 aromatic rings. The lowest BCUT2D eigenvalue weighted by atomic mass is 9.98. The lowest BCUT2D eigenvalue weighted by molar-refractivity contribution is 0.158. The number of H-pyrrole nitrogens is 1. The molecule has 4 rings (SSSR count). The Hall–Kier alpha value is -2.86. The van der Waals surface area contributed by atoms with Gasteiger partial charge >= 0.3 is 6.09 Å². The van der Waals surface area contributed by atoms with Gasteiger partial charge in [-0.1, -0.05) is 48.5 Å². The minimum atomic E-state index is -0.607. The highest BCUT2D eigenvalue weighted by Crippen LogP contribution is 2.44. The van der Waals surface area contributed by atoms with E-state index in [0.29, 0.717) is 4.47 Å². The zero-order valence-corrected chi connectivity index (χ0v) is 15.2. The number of fused-ring (bicyclic) bond motifs is 3. The predicted molar refractivity (Wildman–Crippen MR) is 103 cm³/mol. The Morgan fingerprint density at radius 1 is 1.08 bits per heavy atom. The van der Waals surface area contributed by atoms with Gasteiger partial charge in [-0.3, -0.25) is 10.1 Å². The van der Waals surface area contributed by atoms with Crippen molar-refractivity contribution in [2.24, 2.45) is 0 Å². The third-order valence-corrected chi connectivity index (χ3v) is 5.07. The van der Waals surface area contributed by atoms with E-state index in [1.165, 1.54) is 23.4 Å². The SMILES string of the molecule is O=C(Nc1cc(=O)c(Br)c[nH]1)OCC1c2ccccc2-c2ccccc21. The third kappa shape index (κ3) is 3.04. The number of hydrogen-bond acceptors (Lipinski definition) is 3. The van der Waals surface area contributed by atoms with Crippen LogP contribution in [-0.2, 0) is 4.74 Å². The van der Waals surface area contributed by atoms with Gasteiger partial charge in [0.1, 0.15) is 12.4 Å². The van der Waals surface area contributed by atoms with E-state index >= 15 is 0 Å². The van der Waals surface area contributed by atoms with Gasteiger partial charge in [0.25, 0.3) is 0 Å². The Morgan fingerprint density at radius 2 is 1.69 bits per heavy atom. The summed E-state index contributed by atoms with van der Waals surface area (Å²) in [6.45, 7) is 0.223. The predicted octanol–water partition coefficient (Wildman–Crippen LogP) is 4.50. The van der Waals surface area contributed by atoms with Gasteiger partial charge in [-0.15, -0.1) is 0 Å². The van der Waals surface area contributed by atoms with Gasteiger partial charge in [0, 0.05) is 18.2 Å². The maximum Gasteiger partial charge on any atom is 0.412 e. The Balaban J connectivity index is 1.50. The molecule has 0 aliphatic heterocycles. The van der Waals surface area contributed by atoms with E-state index in [0.717, 1.165) is 11.1 Å². The molecule has 0 saturated carbocycles. The summed E-state index contributed by atoms with van der Waals surface area (Å²) in [7, 11) is 0. The number of anilines is 1. The number of carbonyl (C=O) groups is 1. The van der Waals surface area contributed by atoms with Crippen LogP contribution in [0.1, 0.15) is 17.0 Å². The molecule has 130 valence electrons. The summed E-state index contributed by atoms with van der Waals surface area (Å²) in [4.78, 5) is 26.5. The first kappa shape index (κ1) is 16.6. The van der Waals surface area contributed by atoms with Gasteiger partial charge < -0.3 is 9.72 Å². The average molecular weight is 411 g/mol. The summed E-state index contributed by atoms with van der Waals surface area (Å²) in [5.41, 5.74) is 4.43. The third-order valence-electron chi connectivity index (χ3n) is 4.45. The van der Waals surface area contributed by atoms with Crippen molar-refractivity contribution in [3.05, 3.63) is 86.6 Å². The van der Waals surface area contributed by atoms with Gasteiger partial charge in [0.15, 0.2) is 5.43 Å². The zero-order chi connectivity index (χ0) is 18.1. The number of rotatable bonds is 3. The van der Waals surface area contributed by atoms with Gasteiger partial charge in [-0.25, -0.2) is 4.79 Å². The number of pyridine rings is 1. The normalized spacial score (nSPS) is 12.3. The van der Waals surface area contributed by atoms with Crippen LogP contribution >= 0.6 is 15.9 Å². The molecule has 0 saturated heterocycles. The minimum absolute atomic E-state index is 0.00267.